The van der Waals surface area contributed by atoms with Crippen LogP contribution < -0.4 is 4.74 Å². The van der Waals surface area contributed by atoms with Gasteiger partial charge in [0.25, 0.3) is 0 Å². The fraction of sp³-hybridized carbons (Fsp3) is 0.360. The molecule has 0 unspecified atom stereocenters. The maximum absolute atomic E-state index is 10.4. The Morgan fingerprint density at radius 2 is 1.72 bits per heavy atom. The quantitative estimate of drug-likeness (QED) is 0.624. The third-order valence-corrected chi connectivity index (χ3v) is 5.95. The molecule has 0 aliphatic carbocycles. The van der Waals surface area contributed by atoms with Gasteiger partial charge in [0.05, 0.1) is 0 Å². The third kappa shape index (κ3) is 4.83. The fourth-order valence-electron chi connectivity index (χ4n) is 4.04. The summed E-state index contributed by atoms with van der Waals surface area (Å²) in [7, 11) is 0. The number of nitrogens with zero attached hydrogens (tertiary/aromatic N) is 1. The number of benzene rings is 3. The van der Waals surface area contributed by atoms with Crippen LogP contribution in [0, 0.1) is 5.92 Å². The van der Waals surface area contributed by atoms with Crippen molar-refractivity contribution in [2.75, 3.05) is 26.2 Å². The molecule has 1 saturated heterocycles. The zero-order chi connectivity index (χ0) is 20.2. The molecule has 0 saturated carbocycles. The highest BCUT2D eigenvalue weighted by Gasteiger charge is 2.15. The molecule has 1 aliphatic rings. The van der Waals surface area contributed by atoms with Crippen LogP contribution in [-0.2, 0) is 6.42 Å². The van der Waals surface area contributed by atoms with Gasteiger partial charge in [-0.25, -0.2) is 0 Å². The molecular formula is C25H29NO3. The maximum atomic E-state index is 10.4. The van der Waals surface area contributed by atoms with Crippen LogP contribution in [0.15, 0.2) is 54.6 Å². The number of ether oxygens (including phenoxy) is 1. The Morgan fingerprint density at radius 3 is 2.48 bits per heavy atom. The minimum absolute atomic E-state index is 0.231. The number of likely N-dealkylation sites (tertiary alicyclic amines) is 1. The number of rotatable bonds is 6. The fourth-order valence-corrected chi connectivity index (χ4v) is 4.04. The summed E-state index contributed by atoms with van der Waals surface area (Å²) in [4.78, 5) is 2.48. The van der Waals surface area contributed by atoms with Gasteiger partial charge in [0, 0.05) is 18.5 Å². The Morgan fingerprint density at radius 1 is 0.966 bits per heavy atom. The lowest BCUT2D eigenvalue weighted by Crippen LogP contribution is -2.35. The molecule has 29 heavy (non-hydrogen) atoms. The van der Waals surface area contributed by atoms with Crippen molar-refractivity contribution in [3.8, 4) is 17.2 Å². The van der Waals surface area contributed by atoms with Crippen molar-refractivity contribution in [1.29, 1.82) is 0 Å². The van der Waals surface area contributed by atoms with E-state index >= 15 is 0 Å². The smallest absolute Gasteiger partial charge is 0.119 e. The molecule has 2 N–H and O–H groups in total. The van der Waals surface area contributed by atoms with Gasteiger partial charge in [-0.05, 0) is 78.5 Å². The molecule has 0 atom stereocenters. The first-order valence-corrected chi connectivity index (χ1v) is 10.5. The van der Waals surface area contributed by atoms with Crippen LogP contribution in [0.25, 0.3) is 10.8 Å². The number of piperidine rings is 1. The summed E-state index contributed by atoms with van der Waals surface area (Å²) in [6.07, 6.45) is 3.20. The minimum atomic E-state index is 0.231. The number of phenolic OH excluding ortho intramolecular Hbond substituents is 2. The van der Waals surface area contributed by atoms with E-state index in [0.29, 0.717) is 13.0 Å². The number of phenols is 2. The van der Waals surface area contributed by atoms with Crippen molar-refractivity contribution in [3.63, 3.8) is 0 Å². The number of fused-ring (bicyclic) bond motifs is 1. The Bertz CT molecular complexity index is 960. The van der Waals surface area contributed by atoms with Crippen molar-refractivity contribution in [3.05, 3.63) is 65.7 Å². The van der Waals surface area contributed by atoms with Crippen LogP contribution in [0.4, 0.5) is 0 Å². The molecule has 1 aliphatic heterocycles. The second-order valence-corrected chi connectivity index (χ2v) is 8.16. The van der Waals surface area contributed by atoms with Gasteiger partial charge in [-0.3, -0.25) is 4.90 Å². The van der Waals surface area contributed by atoms with Gasteiger partial charge >= 0.3 is 0 Å². The first-order valence-electron chi connectivity index (χ1n) is 10.5. The summed E-state index contributed by atoms with van der Waals surface area (Å²) in [6, 6.07) is 16.9. The SMILES string of the molecule is CC1CCN(CCOc2ccc(Cc3c(O)ccc4cc(O)ccc34)cc2)CC1. The van der Waals surface area contributed by atoms with E-state index in [2.05, 4.69) is 24.0 Å². The summed E-state index contributed by atoms with van der Waals surface area (Å²) in [5.41, 5.74) is 1.98. The Kier molecular flexibility index (Phi) is 5.91. The minimum Gasteiger partial charge on any atom is -0.508 e. The molecule has 0 bridgehead atoms. The van der Waals surface area contributed by atoms with E-state index in [1.165, 1.54) is 25.9 Å². The number of hydrogen-bond donors (Lipinski definition) is 2. The van der Waals surface area contributed by atoms with E-state index in [0.717, 1.165) is 40.1 Å². The van der Waals surface area contributed by atoms with Crippen LogP contribution >= 0.6 is 0 Å². The lowest BCUT2D eigenvalue weighted by Gasteiger charge is -2.29. The predicted octanol–water partition coefficient (Wildman–Crippen LogP) is 4.95. The van der Waals surface area contributed by atoms with Gasteiger partial charge in [0.15, 0.2) is 0 Å². The van der Waals surface area contributed by atoms with Crippen molar-refractivity contribution in [1.82, 2.24) is 4.90 Å². The summed E-state index contributed by atoms with van der Waals surface area (Å²) in [6.45, 7) is 6.37. The van der Waals surface area contributed by atoms with E-state index in [1.807, 2.05) is 24.3 Å². The molecule has 0 amide bonds. The van der Waals surface area contributed by atoms with Crippen molar-refractivity contribution in [2.45, 2.75) is 26.2 Å². The average Bonchev–Trinajstić information content (AvgIpc) is 2.73. The van der Waals surface area contributed by atoms with Gasteiger partial charge in [-0.1, -0.05) is 31.2 Å². The monoisotopic (exact) mass is 391 g/mol. The van der Waals surface area contributed by atoms with Crippen LogP contribution in [-0.4, -0.2) is 41.4 Å². The summed E-state index contributed by atoms with van der Waals surface area (Å²) in [5.74, 6) is 2.24. The van der Waals surface area contributed by atoms with E-state index in [9.17, 15) is 10.2 Å². The molecule has 1 heterocycles. The summed E-state index contributed by atoms with van der Waals surface area (Å²) in [5, 5.41) is 21.9. The number of hydrogen-bond acceptors (Lipinski definition) is 4. The molecule has 0 radical (unpaired) electrons. The molecule has 1 fully saturated rings. The highest BCUT2D eigenvalue weighted by atomic mass is 16.5. The lowest BCUT2D eigenvalue weighted by atomic mass is 9.97. The maximum Gasteiger partial charge on any atom is 0.119 e. The lowest BCUT2D eigenvalue weighted by molar-refractivity contribution is 0.160. The molecule has 0 spiro atoms. The average molecular weight is 392 g/mol. The van der Waals surface area contributed by atoms with Gasteiger partial charge in [0.1, 0.15) is 23.9 Å². The first kappa shape index (κ1) is 19.6. The van der Waals surface area contributed by atoms with Crippen LogP contribution in [0.1, 0.15) is 30.9 Å². The van der Waals surface area contributed by atoms with Crippen LogP contribution in [0.2, 0.25) is 0 Å². The van der Waals surface area contributed by atoms with E-state index in [4.69, 9.17) is 4.74 Å². The van der Waals surface area contributed by atoms with Crippen molar-refractivity contribution >= 4 is 10.8 Å². The van der Waals surface area contributed by atoms with E-state index < -0.39 is 0 Å². The van der Waals surface area contributed by atoms with Gasteiger partial charge in [0.2, 0.25) is 0 Å². The zero-order valence-electron chi connectivity index (χ0n) is 17.0. The zero-order valence-corrected chi connectivity index (χ0v) is 17.0. The molecular weight excluding hydrogens is 362 g/mol. The van der Waals surface area contributed by atoms with Crippen molar-refractivity contribution in [2.24, 2.45) is 5.92 Å². The Balaban J connectivity index is 1.37. The third-order valence-electron chi connectivity index (χ3n) is 5.95. The normalized spacial score (nSPS) is 15.6. The Hall–Kier alpha value is -2.72. The first-order chi connectivity index (χ1) is 14.1. The summed E-state index contributed by atoms with van der Waals surface area (Å²) >= 11 is 0. The van der Waals surface area contributed by atoms with Crippen LogP contribution in [0.5, 0.6) is 17.2 Å². The largest absolute Gasteiger partial charge is 0.508 e. The number of aromatic hydroxyl groups is 2. The topological polar surface area (TPSA) is 52.9 Å². The van der Waals surface area contributed by atoms with Gasteiger partial charge in [-0.15, -0.1) is 0 Å². The molecule has 152 valence electrons. The summed E-state index contributed by atoms with van der Waals surface area (Å²) < 4.78 is 5.93. The van der Waals surface area contributed by atoms with E-state index in [1.54, 1.807) is 18.2 Å². The van der Waals surface area contributed by atoms with Crippen molar-refractivity contribution < 1.29 is 14.9 Å². The molecule has 4 nitrogen and oxygen atoms in total. The predicted molar refractivity (Wildman–Crippen MR) is 117 cm³/mol. The molecule has 4 heteroatoms. The molecule has 4 rings (SSSR count). The van der Waals surface area contributed by atoms with E-state index in [-0.39, 0.29) is 11.5 Å². The van der Waals surface area contributed by atoms with Gasteiger partial charge in [-0.2, -0.15) is 0 Å². The standard InChI is InChI=1S/C25H29NO3/c1-18-10-12-26(13-11-18)14-15-29-22-6-2-19(3-7-22)16-24-23-8-5-21(27)17-20(23)4-9-25(24)28/h2-9,17-18,27-28H,10-16H2,1H3. The highest BCUT2D eigenvalue weighted by Crippen LogP contribution is 2.31. The second kappa shape index (κ2) is 8.75. The molecule has 0 aromatic heterocycles. The Labute approximate surface area is 172 Å². The molecule has 3 aromatic rings. The van der Waals surface area contributed by atoms with Gasteiger partial charge < -0.3 is 14.9 Å². The second-order valence-electron chi connectivity index (χ2n) is 8.16. The van der Waals surface area contributed by atoms with Crippen LogP contribution in [0.3, 0.4) is 0 Å². The molecule has 3 aromatic carbocycles. The highest BCUT2D eigenvalue weighted by molar-refractivity contribution is 5.89.